The SMILES string of the molecule is CC(CO)Cc1cocn1. The van der Waals surface area contributed by atoms with Crippen LogP contribution >= 0.6 is 0 Å². The number of hydrogen-bond acceptors (Lipinski definition) is 3. The van der Waals surface area contributed by atoms with Gasteiger partial charge in [0.05, 0.1) is 5.69 Å². The molecule has 1 atom stereocenters. The molecule has 0 spiro atoms. The van der Waals surface area contributed by atoms with E-state index in [1.54, 1.807) is 6.26 Å². The highest BCUT2D eigenvalue weighted by molar-refractivity contribution is 4.91. The van der Waals surface area contributed by atoms with Gasteiger partial charge in [-0.05, 0) is 12.3 Å². The lowest BCUT2D eigenvalue weighted by atomic mass is 10.1. The van der Waals surface area contributed by atoms with Gasteiger partial charge < -0.3 is 9.52 Å². The number of hydrogen-bond donors (Lipinski definition) is 1. The lowest BCUT2D eigenvalue weighted by Crippen LogP contribution is -2.04. The van der Waals surface area contributed by atoms with Crippen molar-refractivity contribution in [1.82, 2.24) is 4.98 Å². The molecule has 0 aliphatic carbocycles. The number of aliphatic hydroxyl groups is 1. The Bertz CT molecular complexity index is 172. The maximum Gasteiger partial charge on any atom is 0.180 e. The van der Waals surface area contributed by atoms with Crippen LogP contribution in [-0.2, 0) is 6.42 Å². The maximum absolute atomic E-state index is 8.68. The maximum atomic E-state index is 8.68. The van der Waals surface area contributed by atoms with E-state index in [0.29, 0.717) is 0 Å². The largest absolute Gasteiger partial charge is 0.451 e. The van der Waals surface area contributed by atoms with E-state index in [9.17, 15) is 0 Å². The second-order valence-corrected chi connectivity index (χ2v) is 2.47. The van der Waals surface area contributed by atoms with Crippen LogP contribution < -0.4 is 0 Å². The summed E-state index contributed by atoms with van der Waals surface area (Å²) in [5, 5.41) is 8.68. The minimum Gasteiger partial charge on any atom is -0.451 e. The normalized spacial score (nSPS) is 13.4. The monoisotopic (exact) mass is 141 g/mol. The fraction of sp³-hybridized carbons (Fsp3) is 0.571. The Morgan fingerprint density at radius 1 is 1.80 bits per heavy atom. The molecule has 0 fully saturated rings. The minimum absolute atomic E-state index is 0.201. The fourth-order valence-electron chi connectivity index (χ4n) is 0.760. The van der Waals surface area contributed by atoms with Gasteiger partial charge in [-0.3, -0.25) is 0 Å². The van der Waals surface area contributed by atoms with Gasteiger partial charge in [0.15, 0.2) is 6.39 Å². The topological polar surface area (TPSA) is 46.3 Å². The van der Waals surface area contributed by atoms with Crippen molar-refractivity contribution < 1.29 is 9.52 Å². The van der Waals surface area contributed by atoms with Gasteiger partial charge in [0.25, 0.3) is 0 Å². The first kappa shape index (κ1) is 7.28. The van der Waals surface area contributed by atoms with Gasteiger partial charge in [-0.25, -0.2) is 4.98 Å². The van der Waals surface area contributed by atoms with Crippen LogP contribution in [0.15, 0.2) is 17.1 Å². The van der Waals surface area contributed by atoms with E-state index in [2.05, 4.69) is 4.98 Å². The molecule has 1 aromatic heterocycles. The van der Waals surface area contributed by atoms with Crippen LogP contribution in [0.1, 0.15) is 12.6 Å². The Labute approximate surface area is 59.7 Å². The molecule has 10 heavy (non-hydrogen) atoms. The van der Waals surface area contributed by atoms with Crippen molar-refractivity contribution in [3.63, 3.8) is 0 Å². The van der Waals surface area contributed by atoms with E-state index in [1.807, 2.05) is 6.92 Å². The quantitative estimate of drug-likeness (QED) is 0.678. The Hall–Kier alpha value is -0.830. The van der Waals surface area contributed by atoms with Crippen molar-refractivity contribution >= 4 is 0 Å². The molecule has 0 saturated heterocycles. The summed E-state index contributed by atoms with van der Waals surface area (Å²) < 4.78 is 4.77. The van der Waals surface area contributed by atoms with Crippen LogP contribution in [0.5, 0.6) is 0 Å². The van der Waals surface area contributed by atoms with Gasteiger partial charge in [0.2, 0.25) is 0 Å². The smallest absolute Gasteiger partial charge is 0.180 e. The van der Waals surface area contributed by atoms with E-state index in [4.69, 9.17) is 9.52 Å². The van der Waals surface area contributed by atoms with Crippen LogP contribution in [0.25, 0.3) is 0 Å². The van der Waals surface area contributed by atoms with Crippen molar-refractivity contribution in [1.29, 1.82) is 0 Å². The molecule has 0 amide bonds. The highest BCUT2D eigenvalue weighted by Gasteiger charge is 2.02. The second-order valence-electron chi connectivity index (χ2n) is 2.47. The Morgan fingerprint density at radius 2 is 2.60 bits per heavy atom. The van der Waals surface area contributed by atoms with Crippen LogP contribution in [0.3, 0.4) is 0 Å². The lowest BCUT2D eigenvalue weighted by molar-refractivity contribution is 0.236. The standard InChI is InChI=1S/C7H11NO2/c1-6(3-9)2-7-4-10-5-8-7/h4-6,9H,2-3H2,1H3. The average Bonchev–Trinajstić information content (AvgIpc) is 2.40. The van der Waals surface area contributed by atoms with Gasteiger partial charge in [0, 0.05) is 6.61 Å². The number of oxazole rings is 1. The Morgan fingerprint density at radius 3 is 3.10 bits per heavy atom. The van der Waals surface area contributed by atoms with Crippen molar-refractivity contribution in [2.75, 3.05) is 6.61 Å². The first-order valence-electron chi connectivity index (χ1n) is 3.31. The van der Waals surface area contributed by atoms with E-state index in [0.717, 1.165) is 12.1 Å². The first-order chi connectivity index (χ1) is 4.83. The second kappa shape index (κ2) is 3.37. The summed E-state index contributed by atoms with van der Waals surface area (Å²) in [5.41, 5.74) is 0.904. The molecular formula is C7H11NO2. The average molecular weight is 141 g/mol. The lowest BCUT2D eigenvalue weighted by Gasteiger charge is -2.02. The first-order valence-corrected chi connectivity index (χ1v) is 3.31. The summed E-state index contributed by atoms with van der Waals surface area (Å²) in [6, 6.07) is 0. The summed E-state index contributed by atoms with van der Waals surface area (Å²) in [6.45, 7) is 2.17. The van der Waals surface area contributed by atoms with Crippen LogP contribution in [0, 0.1) is 5.92 Å². The molecule has 0 aromatic carbocycles. The van der Waals surface area contributed by atoms with Crippen LogP contribution in [-0.4, -0.2) is 16.7 Å². The zero-order chi connectivity index (χ0) is 7.40. The van der Waals surface area contributed by atoms with Crippen LogP contribution in [0.4, 0.5) is 0 Å². The molecule has 0 aliphatic rings. The molecule has 56 valence electrons. The zero-order valence-corrected chi connectivity index (χ0v) is 5.95. The highest BCUT2D eigenvalue weighted by atomic mass is 16.3. The number of nitrogens with zero attached hydrogens (tertiary/aromatic N) is 1. The molecular weight excluding hydrogens is 130 g/mol. The third-order valence-corrected chi connectivity index (χ3v) is 1.35. The summed E-state index contributed by atoms with van der Waals surface area (Å²) in [7, 11) is 0. The summed E-state index contributed by atoms with van der Waals surface area (Å²) in [4.78, 5) is 3.93. The number of aromatic nitrogens is 1. The third-order valence-electron chi connectivity index (χ3n) is 1.35. The van der Waals surface area contributed by atoms with E-state index in [1.165, 1.54) is 6.39 Å². The van der Waals surface area contributed by atoms with Crippen molar-refractivity contribution in [2.45, 2.75) is 13.3 Å². The molecule has 1 rings (SSSR count). The van der Waals surface area contributed by atoms with Gasteiger partial charge in [-0.2, -0.15) is 0 Å². The summed E-state index contributed by atoms with van der Waals surface area (Å²) >= 11 is 0. The minimum atomic E-state index is 0.201. The van der Waals surface area contributed by atoms with Gasteiger partial charge in [-0.15, -0.1) is 0 Å². The summed E-state index contributed by atoms with van der Waals surface area (Å²) in [5.74, 6) is 0.269. The van der Waals surface area contributed by atoms with Gasteiger partial charge >= 0.3 is 0 Å². The van der Waals surface area contributed by atoms with E-state index >= 15 is 0 Å². The Balaban J connectivity index is 2.40. The molecule has 0 aliphatic heterocycles. The third kappa shape index (κ3) is 1.84. The van der Waals surface area contributed by atoms with Crippen molar-refractivity contribution in [2.24, 2.45) is 5.92 Å². The van der Waals surface area contributed by atoms with Gasteiger partial charge in [0.1, 0.15) is 6.26 Å². The molecule has 0 radical (unpaired) electrons. The number of aliphatic hydroxyl groups excluding tert-OH is 1. The molecule has 1 unspecified atom stereocenters. The van der Waals surface area contributed by atoms with Gasteiger partial charge in [-0.1, -0.05) is 6.92 Å². The predicted octanol–water partition coefficient (Wildman–Crippen LogP) is 0.845. The van der Waals surface area contributed by atoms with Crippen molar-refractivity contribution in [3.8, 4) is 0 Å². The number of rotatable bonds is 3. The molecule has 3 nitrogen and oxygen atoms in total. The molecule has 1 aromatic rings. The molecule has 3 heteroatoms. The van der Waals surface area contributed by atoms with Crippen LogP contribution in [0.2, 0.25) is 0 Å². The molecule has 0 saturated carbocycles. The fourth-order valence-corrected chi connectivity index (χ4v) is 0.760. The predicted molar refractivity (Wildman–Crippen MR) is 36.5 cm³/mol. The summed E-state index contributed by atoms with van der Waals surface area (Å²) in [6.07, 6.45) is 3.79. The Kier molecular flexibility index (Phi) is 2.45. The zero-order valence-electron chi connectivity index (χ0n) is 5.95. The highest BCUT2D eigenvalue weighted by Crippen LogP contribution is 2.04. The van der Waals surface area contributed by atoms with E-state index in [-0.39, 0.29) is 12.5 Å². The van der Waals surface area contributed by atoms with Crippen molar-refractivity contribution in [3.05, 3.63) is 18.4 Å². The van der Waals surface area contributed by atoms with E-state index < -0.39 is 0 Å². The molecule has 1 heterocycles. The molecule has 1 N–H and O–H groups in total. The molecule has 0 bridgehead atoms.